The van der Waals surface area contributed by atoms with Crippen molar-refractivity contribution in [2.75, 3.05) is 71.9 Å². The van der Waals surface area contributed by atoms with Crippen LogP contribution >= 0.6 is 11.8 Å². The zero-order valence-electron chi connectivity index (χ0n) is 83.2. The molecule has 0 bridgehead atoms. The number of aromatic nitrogens is 2. The molecule has 0 spiro atoms. The van der Waals surface area contributed by atoms with Gasteiger partial charge >= 0.3 is 11.9 Å². The number of primary amides is 1. The number of aromatic hydroxyl groups is 1. The van der Waals surface area contributed by atoms with E-state index in [2.05, 4.69) is 74.7 Å². The highest BCUT2D eigenvalue weighted by atomic mass is 32.2. The molecule has 18 amide bonds. The number of carboxylic acid groups (broad SMARTS) is 2. The molecule has 0 radical (unpaired) electrons. The number of aliphatic hydroxyl groups is 1. The minimum atomic E-state index is -1.81. The number of nitrogens with two attached hydrogens (primary N) is 3. The zero-order valence-corrected chi connectivity index (χ0v) is 84.0. The van der Waals surface area contributed by atoms with Crippen LogP contribution in [0.3, 0.4) is 0 Å². The minimum Gasteiger partial charge on any atom is -0.508 e. The minimum absolute atomic E-state index is 0.0412. The first-order valence-corrected chi connectivity index (χ1v) is 49.7. The Hall–Kier alpha value is -14.3. The molecule has 5 aromatic rings. The fourth-order valence-electron chi connectivity index (χ4n) is 17.6. The number of thioether (sulfide) groups is 1. The molecule has 46 nitrogen and oxygen atoms in total. The number of hydrogen-bond donors (Lipinski definition) is 20. The molecule has 790 valence electrons. The number of fused-ring (bicyclic) bond motifs is 4. The van der Waals surface area contributed by atoms with Gasteiger partial charge in [-0.25, -0.2) is 4.79 Å². The fourth-order valence-corrected chi connectivity index (χ4v) is 18.5. The van der Waals surface area contributed by atoms with Crippen LogP contribution in [0.1, 0.15) is 155 Å². The van der Waals surface area contributed by atoms with Crippen molar-refractivity contribution >= 4 is 152 Å². The highest BCUT2D eigenvalue weighted by molar-refractivity contribution is 8.00. The Kier molecular flexibility index (Phi) is 44.4. The number of hydrogen-bond acceptors (Lipinski definition) is 25. The molecule has 5 heterocycles. The lowest BCUT2D eigenvalue weighted by Crippen LogP contribution is -2.62. The average Bonchev–Trinajstić information content (AvgIpc) is 1.61. The number of aromatic amines is 1. The number of rotatable bonds is 31. The molecule has 3 aromatic carbocycles. The first-order chi connectivity index (χ1) is 68.8. The van der Waals surface area contributed by atoms with E-state index in [9.17, 15) is 78.0 Å². The molecular weight excluding hydrogens is 1900 g/mol. The zero-order chi connectivity index (χ0) is 107. The largest absolute Gasteiger partial charge is 0.508 e. The molecular formula is C98H138N22O24S. The van der Waals surface area contributed by atoms with Crippen molar-refractivity contribution in [1.29, 1.82) is 0 Å². The van der Waals surface area contributed by atoms with Crippen LogP contribution < -0.4 is 81.0 Å². The number of terminal acetylenes is 1. The smallest absolute Gasteiger partial charge is 0.327 e. The standard InChI is InChI=1S/C98H138N22O24S/c1-12-15-26-75-90(135)108-66(37-53(4)5)87(132)114-73(85(130)104-46-80(124)103-47-81(125)105-65(22-14-3)98(143)144)51-145-52-82(126)106-69(39-56-30-32-59(121)33-31-56)93(138)115(9)55(8)84(129)110-71(43-79(101)123)95(140)119-36-21-29-76(119)91(136)113-72(44-100)89(134)111-68(38-54(6)7)96(141)120-49-60(122)42-78(120)92(137)109-67(40-57-45-102-63-25-19-17-23-61(57)63)88(133)107-64(34-35-99)86(131)112-70(94(139)117(11)77(27-16-13-2)97(142)116(75)10)41-58-48-118(50-83(127)128)74-28-20-18-24-62(58)74/h3,17-20,23-25,28,30-33,45,48,53-55,60,64-73,75-78,102,121-122H,12-13,15-16,21-22,26-27,29,34-44,46-47,49-52,99-100H2,1-2,4-11H3,(H2,101,123)(H,103,124)(H,104,130)(H,105,125)(H,106,126)(H,107,133)(H,108,135)(H,109,137)(H,110,129)(H,111,134)(H,112,131)(H,113,136)(H,114,132)(H,127,128)(H,143,144)/t55-,60+,64-,65-,66-,67-,68-,69-,70-,71-,72-,73-,75-,76-,77-,78-/m0/s1. The second-order valence-corrected chi connectivity index (χ2v) is 38.5. The number of likely N-dealkylation sites (N-methyl/N-ethyl adjacent to an activating group) is 3. The topological polar surface area (TPSA) is 682 Å². The molecule has 0 saturated carbocycles. The van der Waals surface area contributed by atoms with Gasteiger partial charge in [0.1, 0.15) is 103 Å². The molecule has 0 unspecified atom stereocenters. The highest BCUT2D eigenvalue weighted by Gasteiger charge is 2.47. The van der Waals surface area contributed by atoms with E-state index in [1.165, 1.54) is 63.1 Å². The summed E-state index contributed by atoms with van der Waals surface area (Å²) in [6.07, 6.45) is 5.21. The third-order valence-corrected chi connectivity index (χ3v) is 26.5. The summed E-state index contributed by atoms with van der Waals surface area (Å²) in [6.45, 7) is 8.00. The molecule has 16 atom stereocenters. The van der Waals surface area contributed by atoms with Gasteiger partial charge in [-0.3, -0.25) is 91.1 Å². The average molecular weight is 2040 g/mol. The number of aliphatic carboxylic acids is 2. The molecule has 145 heavy (non-hydrogen) atoms. The van der Waals surface area contributed by atoms with Crippen molar-refractivity contribution in [1.82, 2.24) is 97.9 Å². The maximum Gasteiger partial charge on any atom is 0.327 e. The SMILES string of the molecule is C#CC[C@H](NC(=O)CNC(=O)CNC(=O)[C@@H]1CSCC(=O)N[C@@H](Cc2ccc(O)cc2)C(=O)N(C)[C@@H](C)C(=O)N[C@@H](CC(N)=O)C(=O)N2CCC[C@H]2C(=O)N[C@@H](CN)C(=O)N[C@@H](CC(C)C)C(=O)N2C[C@H](O)C[C@H]2C(=O)N[C@@H](Cc2c[nH]c3ccccc23)C(=O)N[C@@H](CCN)C(=O)N[C@@H](Cc2cn(CC(=O)O)c3ccccc23)C(=O)N(C)[C@@H](CCCC)C(=O)N(C)[C@@H](CCCC)C(=O)N[C@@H](CC(C)C)C(=O)N1)C(=O)O. The monoisotopic (exact) mass is 2040 g/mol. The number of carbonyl (C=O) groups is 20. The van der Waals surface area contributed by atoms with E-state index in [4.69, 9.17) is 23.6 Å². The molecule has 3 aliphatic heterocycles. The summed E-state index contributed by atoms with van der Waals surface area (Å²) in [5.41, 5.74) is 20.4. The van der Waals surface area contributed by atoms with Gasteiger partial charge in [0.25, 0.3) is 0 Å². The van der Waals surface area contributed by atoms with E-state index >= 15 is 38.4 Å². The Morgan fingerprint density at radius 2 is 1.12 bits per heavy atom. The van der Waals surface area contributed by atoms with E-state index in [1.807, 2.05) is 13.8 Å². The van der Waals surface area contributed by atoms with Gasteiger partial charge in [0.2, 0.25) is 106 Å². The number of nitrogens with one attached hydrogen (secondary N) is 13. The van der Waals surface area contributed by atoms with Gasteiger partial charge in [-0.1, -0.05) is 116 Å². The number of unbranched alkanes of at least 4 members (excludes halogenated alkanes) is 2. The quantitative estimate of drug-likeness (QED) is 0.0196. The third kappa shape index (κ3) is 33.1. The van der Waals surface area contributed by atoms with Gasteiger partial charge in [0.15, 0.2) is 0 Å². The van der Waals surface area contributed by atoms with E-state index in [-0.39, 0.29) is 95.4 Å². The summed E-state index contributed by atoms with van der Waals surface area (Å²) in [7, 11) is 3.83. The number of nitrogens with zero attached hydrogens (tertiary/aromatic N) is 6. The van der Waals surface area contributed by atoms with Crippen molar-refractivity contribution in [2.24, 2.45) is 29.0 Å². The van der Waals surface area contributed by atoms with Crippen LogP contribution in [0.5, 0.6) is 5.75 Å². The van der Waals surface area contributed by atoms with Crippen molar-refractivity contribution in [3.8, 4) is 18.1 Å². The van der Waals surface area contributed by atoms with E-state index < -0.39 is 291 Å². The number of H-pyrrole nitrogens is 1. The Morgan fingerprint density at radius 1 is 0.566 bits per heavy atom. The predicted molar refractivity (Wildman–Crippen MR) is 532 cm³/mol. The van der Waals surface area contributed by atoms with Crippen LogP contribution in [0.25, 0.3) is 21.8 Å². The summed E-state index contributed by atoms with van der Waals surface area (Å²) in [5.74, 6) is -20.2. The van der Waals surface area contributed by atoms with Crippen molar-refractivity contribution in [3.05, 3.63) is 102 Å². The van der Waals surface area contributed by atoms with E-state index in [0.717, 1.165) is 24.5 Å². The molecule has 2 aromatic heterocycles. The fraction of sp³-hybridized carbons (Fsp3) is 0.551. The van der Waals surface area contributed by atoms with Gasteiger partial charge in [0.05, 0.1) is 31.4 Å². The number of phenols is 1. The molecule has 3 saturated heterocycles. The molecule has 3 fully saturated rings. The van der Waals surface area contributed by atoms with Crippen LogP contribution in [0, 0.1) is 24.2 Å². The second-order valence-electron chi connectivity index (χ2n) is 37.5. The molecule has 0 aliphatic carbocycles. The second kappa shape index (κ2) is 55.5. The van der Waals surface area contributed by atoms with Crippen molar-refractivity contribution in [3.63, 3.8) is 0 Å². The molecule has 47 heteroatoms. The van der Waals surface area contributed by atoms with Gasteiger partial charge in [0, 0.05) is 113 Å². The first-order valence-electron chi connectivity index (χ1n) is 48.5. The van der Waals surface area contributed by atoms with E-state index in [1.54, 1.807) is 82.4 Å². The predicted octanol–water partition coefficient (Wildman–Crippen LogP) is -3.01. The summed E-state index contributed by atoms with van der Waals surface area (Å²) >= 11 is 0.712. The number of carbonyl (C=O) groups excluding carboxylic acids is 18. The Bertz CT molecular complexity index is 5530. The van der Waals surface area contributed by atoms with Crippen molar-refractivity contribution < 1.29 is 116 Å². The van der Waals surface area contributed by atoms with Gasteiger partial charge in [-0.05, 0) is 111 Å². The maximum absolute atomic E-state index is 16.0. The maximum atomic E-state index is 16.0. The Balaban J connectivity index is 1.21. The Morgan fingerprint density at radius 3 is 1.76 bits per heavy atom. The van der Waals surface area contributed by atoms with Crippen LogP contribution in [-0.4, -0.2) is 341 Å². The Labute approximate surface area is 843 Å². The number of aliphatic hydroxyl groups excluding tert-OH is 1. The lowest BCUT2D eigenvalue weighted by Gasteiger charge is -2.36. The number of carboxylic acids is 2. The summed E-state index contributed by atoms with van der Waals surface area (Å²) in [6, 6.07) is -4.58. The molecule has 23 N–H and O–H groups in total. The summed E-state index contributed by atoms with van der Waals surface area (Å²) in [5, 5.41) is 73.4. The van der Waals surface area contributed by atoms with Gasteiger partial charge in [-0.2, -0.15) is 0 Å². The van der Waals surface area contributed by atoms with Crippen molar-refractivity contribution in [2.45, 2.75) is 261 Å². The number of para-hydroxylation sites is 2. The molecule has 8 rings (SSSR count). The normalized spacial score (nSPS) is 24.0. The number of benzene rings is 3. The number of phenolic OH excluding ortho intramolecular Hbond substituents is 1. The van der Waals surface area contributed by atoms with Crippen LogP contribution in [-0.2, 0) is 122 Å². The van der Waals surface area contributed by atoms with E-state index in [0.29, 0.717) is 63.1 Å². The van der Waals surface area contributed by atoms with Crippen LogP contribution in [0.2, 0.25) is 0 Å². The lowest BCUT2D eigenvalue weighted by molar-refractivity contribution is -0.149. The third-order valence-electron chi connectivity index (χ3n) is 25.5. The van der Waals surface area contributed by atoms with Crippen LogP contribution in [0.4, 0.5) is 0 Å². The van der Waals surface area contributed by atoms with Crippen LogP contribution in [0.15, 0.2) is 85.2 Å². The summed E-state index contributed by atoms with van der Waals surface area (Å²) < 4.78 is 1.42. The molecule has 3 aliphatic rings. The van der Waals surface area contributed by atoms with Gasteiger partial charge in [-0.15, -0.1) is 24.1 Å². The highest BCUT2D eigenvalue weighted by Crippen LogP contribution is 2.29. The lowest BCUT2D eigenvalue weighted by atomic mass is 9.99. The van der Waals surface area contributed by atoms with Gasteiger partial charge < -0.3 is 135 Å². The first kappa shape index (κ1) is 116. The number of amides is 18. The summed E-state index contributed by atoms with van der Waals surface area (Å²) in [4.78, 5) is 298.